The van der Waals surface area contributed by atoms with Crippen molar-refractivity contribution in [3.05, 3.63) is 0 Å². The number of nitrogens with one attached hydrogen (secondary N) is 1. The quantitative estimate of drug-likeness (QED) is 0.835. The number of rotatable bonds is 5. The van der Waals surface area contributed by atoms with Crippen LogP contribution in [-0.4, -0.2) is 60.6 Å². The Morgan fingerprint density at radius 2 is 1.50 bits per heavy atom. The van der Waals surface area contributed by atoms with Gasteiger partial charge in [0.2, 0.25) is 0 Å². The molecule has 0 unspecified atom stereocenters. The Labute approximate surface area is 126 Å². The number of hydrogen-bond donors (Lipinski definition) is 1. The molecule has 0 atom stereocenters. The van der Waals surface area contributed by atoms with Crippen LogP contribution >= 0.6 is 0 Å². The van der Waals surface area contributed by atoms with Gasteiger partial charge in [0.15, 0.2) is 0 Å². The minimum atomic E-state index is 0.631. The van der Waals surface area contributed by atoms with Gasteiger partial charge >= 0.3 is 0 Å². The molecule has 0 radical (unpaired) electrons. The van der Waals surface area contributed by atoms with Gasteiger partial charge in [-0.2, -0.15) is 0 Å². The molecule has 0 spiro atoms. The van der Waals surface area contributed by atoms with E-state index in [9.17, 15) is 0 Å². The number of hydrogen-bond acceptors (Lipinski definition) is 3. The van der Waals surface area contributed by atoms with Crippen LogP contribution in [0.1, 0.15) is 53.4 Å². The van der Waals surface area contributed by atoms with Crippen LogP contribution < -0.4 is 5.32 Å². The van der Waals surface area contributed by atoms with Crippen molar-refractivity contribution in [2.45, 2.75) is 71.5 Å². The Morgan fingerprint density at radius 3 is 2.00 bits per heavy atom. The molecule has 0 amide bonds. The van der Waals surface area contributed by atoms with E-state index in [0.717, 1.165) is 18.0 Å². The van der Waals surface area contributed by atoms with Crippen molar-refractivity contribution in [3.63, 3.8) is 0 Å². The van der Waals surface area contributed by atoms with Gasteiger partial charge in [-0.05, 0) is 71.6 Å². The zero-order chi connectivity index (χ0) is 14.5. The van der Waals surface area contributed by atoms with Crippen LogP contribution in [0.15, 0.2) is 0 Å². The summed E-state index contributed by atoms with van der Waals surface area (Å²) in [7, 11) is 0. The second-order valence-corrected chi connectivity index (χ2v) is 7.47. The van der Waals surface area contributed by atoms with Crippen LogP contribution in [0, 0.1) is 5.92 Å². The molecule has 0 aromatic rings. The summed E-state index contributed by atoms with van der Waals surface area (Å²) in [4.78, 5) is 5.35. The summed E-state index contributed by atoms with van der Waals surface area (Å²) in [5.74, 6) is 0.944. The minimum absolute atomic E-state index is 0.631. The van der Waals surface area contributed by atoms with Crippen molar-refractivity contribution in [1.29, 1.82) is 0 Å². The summed E-state index contributed by atoms with van der Waals surface area (Å²) in [6, 6.07) is 2.12. The van der Waals surface area contributed by atoms with E-state index < -0.39 is 0 Å². The lowest BCUT2D eigenvalue weighted by Gasteiger charge is -2.39. The molecule has 0 aromatic carbocycles. The van der Waals surface area contributed by atoms with Crippen LogP contribution in [0.2, 0.25) is 0 Å². The topological polar surface area (TPSA) is 18.5 Å². The van der Waals surface area contributed by atoms with Crippen molar-refractivity contribution in [1.82, 2.24) is 15.1 Å². The van der Waals surface area contributed by atoms with E-state index in [1.165, 1.54) is 58.4 Å². The van der Waals surface area contributed by atoms with Crippen LogP contribution in [0.3, 0.4) is 0 Å². The smallest absolute Gasteiger partial charge is 0.00937 e. The zero-order valence-electron chi connectivity index (χ0n) is 14.1. The number of likely N-dealkylation sites (tertiary alicyclic amines) is 2. The Balaban J connectivity index is 1.64. The average molecular weight is 281 g/mol. The highest BCUT2D eigenvalue weighted by Gasteiger charge is 2.25. The molecule has 118 valence electrons. The lowest BCUT2D eigenvalue weighted by Crippen LogP contribution is -2.47. The fraction of sp³-hybridized carbons (Fsp3) is 1.00. The maximum absolute atomic E-state index is 3.69. The SMILES string of the molecule is CC(C)NC1CCN(CC2CCN(C(C)C)CC2)CC1. The zero-order valence-corrected chi connectivity index (χ0v) is 14.1. The Hall–Kier alpha value is -0.120. The van der Waals surface area contributed by atoms with Crippen molar-refractivity contribution in [2.24, 2.45) is 5.92 Å². The summed E-state index contributed by atoms with van der Waals surface area (Å²) >= 11 is 0. The molecule has 2 fully saturated rings. The monoisotopic (exact) mass is 281 g/mol. The summed E-state index contributed by atoms with van der Waals surface area (Å²) in [6.07, 6.45) is 5.48. The number of nitrogens with zero attached hydrogens (tertiary/aromatic N) is 2. The fourth-order valence-electron chi connectivity index (χ4n) is 3.77. The van der Waals surface area contributed by atoms with Gasteiger partial charge in [-0.1, -0.05) is 13.8 Å². The first-order valence-electron chi connectivity index (χ1n) is 8.77. The molecule has 0 aliphatic carbocycles. The third kappa shape index (κ3) is 5.01. The van der Waals surface area contributed by atoms with Crippen molar-refractivity contribution in [2.75, 3.05) is 32.7 Å². The highest BCUT2D eigenvalue weighted by Crippen LogP contribution is 2.21. The normalized spacial score (nSPS) is 24.9. The maximum Gasteiger partial charge on any atom is 0.00937 e. The van der Waals surface area contributed by atoms with Gasteiger partial charge < -0.3 is 15.1 Å². The fourth-order valence-corrected chi connectivity index (χ4v) is 3.77. The van der Waals surface area contributed by atoms with E-state index in [1.54, 1.807) is 0 Å². The van der Waals surface area contributed by atoms with E-state index in [1.807, 2.05) is 0 Å². The minimum Gasteiger partial charge on any atom is -0.312 e. The molecule has 3 heteroatoms. The van der Waals surface area contributed by atoms with Gasteiger partial charge in [0.1, 0.15) is 0 Å². The highest BCUT2D eigenvalue weighted by atomic mass is 15.2. The van der Waals surface area contributed by atoms with Crippen LogP contribution in [0.25, 0.3) is 0 Å². The molecule has 1 N–H and O–H groups in total. The maximum atomic E-state index is 3.69. The summed E-state index contributed by atoms with van der Waals surface area (Å²) in [5, 5.41) is 3.69. The molecule has 2 aliphatic rings. The third-order valence-electron chi connectivity index (χ3n) is 5.05. The predicted molar refractivity (Wildman–Crippen MR) is 87.2 cm³/mol. The van der Waals surface area contributed by atoms with E-state index in [2.05, 4.69) is 42.8 Å². The summed E-state index contributed by atoms with van der Waals surface area (Å²) in [5.41, 5.74) is 0. The Morgan fingerprint density at radius 1 is 0.900 bits per heavy atom. The largest absolute Gasteiger partial charge is 0.312 e. The first-order chi connectivity index (χ1) is 9.54. The van der Waals surface area contributed by atoms with Crippen LogP contribution in [0.4, 0.5) is 0 Å². The standard InChI is InChI=1S/C17H35N3/c1-14(2)18-17-7-9-19(10-8-17)13-16-5-11-20(12-6-16)15(3)4/h14-18H,5-13H2,1-4H3. The molecular weight excluding hydrogens is 246 g/mol. The lowest BCUT2D eigenvalue weighted by atomic mass is 9.94. The van der Waals surface area contributed by atoms with Crippen LogP contribution in [-0.2, 0) is 0 Å². The summed E-state index contributed by atoms with van der Waals surface area (Å²) in [6.45, 7) is 15.7. The first-order valence-corrected chi connectivity index (χ1v) is 8.77. The Bertz CT molecular complexity index is 261. The van der Waals surface area contributed by atoms with E-state index in [-0.39, 0.29) is 0 Å². The van der Waals surface area contributed by atoms with E-state index in [0.29, 0.717) is 6.04 Å². The van der Waals surface area contributed by atoms with Gasteiger partial charge in [0.05, 0.1) is 0 Å². The molecule has 0 bridgehead atoms. The van der Waals surface area contributed by atoms with Crippen molar-refractivity contribution in [3.8, 4) is 0 Å². The first kappa shape index (κ1) is 16.3. The van der Waals surface area contributed by atoms with Gasteiger partial charge in [0.25, 0.3) is 0 Å². The molecule has 2 heterocycles. The molecule has 2 aliphatic heterocycles. The molecule has 2 saturated heterocycles. The van der Waals surface area contributed by atoms with Crippen LogP contribution in [0.5, 0.6) is 0 Å². The predicted octanol–water partition coefficient (Wildman–Crippen LogP) is 2.57. The highest BCUT2D eigenvalue weighted by molar-refractivity contribution is 4.82. The van der Waals surface area contributed by atoms with E-state index >= 15 is 0 Å². The van der Waals surface area contributed by atoms with Gasteiger partial charge in [-0.3, -0.25) is 0 Å². The average Bonchev–Trinajstić information content (AvgIpc) is 2.41. The molecular formula is C17H35N3. The van der Waals surface area contributed by atoms with E-state index in [4.69, 9.17) is 0 Å². The molecule has 3 nitrogen and oxygen atoms in total. The van der Waals surface area contributed by atoms with Crippen molar-refractivity contribution < 1.29 is 0 Å². The van der Waals surface area contributed by atoms with Gasteiger partial charge in [-0.15, -0.1) is 0 Å². The van der Waals surface area contributed by atoms with Crippen molar-refractivity contribution >= 4 is 0 Å². The van der Waals surface area contributed by atoms with Gasteiger partial charge in [0, 0.05) is 24.7 Å². The lowest BCUT2D eigenvalue weighted by molar-refractivity contribution is 0.107. The molecule has 20 heavy (non-hydrogen) atoms. The third-order valence-corrected chi connectivity index (χ3v) is 5.05. The summed E-state index contributed by atoms with van der Waals surface area (Å²) < 4.78 is 0. The molecule has 0 aromatic heterocycles. The number of piperidine rings is 2. The second-order valence-electron chi connectivity index (χ2n) is 7.47. The molecule has 0 saturated carbocycles. The Kier molecular flexibility index (Phi) is 6.31. The van der Waals surface area contributed by atoms with Gasteiger partial charge in [-0.25, -0.2) is 0 Å². The second kappa shape index (κ2) is 7.77. The molecule has 2 rings (SSSR count).